The molecule has 0 unspecified atom stereocenters. The van der Waals surface area contributed by atoms with Crippen molar-refractivity contribution in [1.29, 1.82) is 0 Å². The average molecular weight is 692 g/mol. The van der Waals surface area contributed by atoms with Gasteiger partial charge in [0, 0.05) is 37.0 Å². The number of halogens is 2. The molecule has 46 heavy (non-hydrogen) atoms. The summed E-state index contributed by atoms with van der Waals surface area (Å²) in [6, 6.07) is 21.1. The van der Waals surface area contributed by atoms with Gasteiger partial charge in [-0.15, -0.1) is 0 Å². The largest absolute Gasteiger partial charge is 0.465 e. The van der Waals surface area contributed by atoms with E-state index in [2.05, 4.69) is 35.1 Å². The van der Waals surface area contributed by atoms with E-state index < -0.39 is 22.1 Å². The van der Waals surface area contributed by atoms with E-state index in [-0.39, 0.29) is 6.54 Å². The van der Waals surface area contributed by atoms with Crippen LogP contribution in [0.5, 0.6) is 0 Å². The molecule has 2 amide bonds. The van der Waals surface area contributed by atoms with Crippen LogP contribution in [0.15, 0.2) is 72.8 Å². The molecule has 4 aromatic rings. The van der Waals surface area contributed by atoms with Crippen molar-refractivity contribution < 1.29 is 27.5 Å². The number of hydrogen-bond donors (Lipinski definition) is 5. The molecule has 5 N–H and O–H groups in total. The van der Waals surface area contributed by atoms with E-state index in [0.717, 1.165) is 23.1 Å². The summed E-state index contributed by atoms with van der Waals surface area (Å²) >= 11 is 12.6. The first-order valence-electron chi connectivity index (χ1n) is 13.9. The number of H-pyrrole nitrogens is 1. The van der Waals surface area contributed by atoms with Crippen LogP contribution in [0.2, 0.25) is 10.2 Å². The lowest BCUT2D eigenvalue weighted by Crippen LogP contribution is -2.39. The Hall–Kier alpha value is -4.30. The van der Waals surface area contributed by atoms with Crippen molar-refractivity contribution in [3.63, 3.8) is 0 Å². The highest BCUT2D eigenvalue weighted by atomic mass is 35.5. The number of carbonyl (C=O) groups is 2. The molecule has 1 aromatic heterocycles. The zero-order valence-electron chi connectivity index (χ0n) is 25.5. The number of nitrogens with one attached hydrogen (secondary N) is 5. The molecule has 0 aliphatic carbocycles. The number of benzene rings is 3. The van der Waals surface area contributed by atoms with Crippen LogP contribution >= 0.6 is 23.2 Å². The Bertz CT molecular complexity index is 1670. The molecular weight excluding hydrogens is 655 g/mol. The predicted octanol–water partition coefficient (Wildman–Crippen LogP) is 5.39. The van der Waals surface area contributed by atoms with Crippen molar-refractivity contribution in [2.75, 3.05) is 43.7 Å². The fourth-order valence-electron chi connectivity index (χ4n) is 4.16. The lowest BCUT2D eigenvalue weighted by atomic mass is 10.1. The maximum absolute atomic E-state index is 13.0. The SMILES string of the molecule is CNc1ccc(-c2nc([C@H](Cc3ccccc3)NC(=O)NCc3cc(Cl)ccc3NS(C)(=O)=O)[nH]c2Cl)cc1.COCCOC=O. The number of anilines is 2. The molecule has 0 spiro atoms. The maximum Gasteiger partial charge on any atom is 0.315 e. The number of aromatic nitrogens is 2. The number of urea groups is 1. The second-order valence-corrected chi connectivity index (χ2v) is 12.4. The Balaban J connectivity index is 0.000000738. The van der Waals surface area contributed by atoms with Gasteiger partial charge in [-0.2, -0.15) is 0 Å². The summed E-state index contributed by atoms with van der Waals surface area (Å²) in [5.74, 6) is 0.494. The standard InChI is InChI=1S/C27H28Cl2N6O3S.C4H8O3/c1-30-21-11-8-18(9-12-21)24-25(29)34-26(33-24)23(14-17-6-4-3-5-7-17)32-27(36)31-16-19-15-20(28)10-13-22(19)35-39(2,37)38;1-6-2-3-7-4-5/h3-13,15,23,30,35H,14,16H2,1-2H3,(H,33,34)(H2,31,32,36);4H,2-3H2,1H3/t23-;/m0./s1. The van der Waals surface area contributed by atoms with Gasteiger partial charge in [-0.1, -0.05) is 65.7 Å². The fraction of sp³-hybridized carbons (Fsp3) is 0.258. The van der Waals surface area contributed by atoms with E-state index in [1.165, 1.54) is 0 Å². The third-order valence-corrected chi connectivity index (χ3v) is 7.42. The third-order valence-electron chi connectivity index (χ3n) is 6.32. The monoisotopic (exact) mass is 690 g/mol. The van der Waals surface area contributed by atoms with Crippen LogP contribution < -0.4 is 20.7 Å². The van der Waals surface area contributed by atoms with Crippen LogP contribution in [0.4, 0.5) is 16.2 Å². The quantitative estimate of drug-likeness (QED) is 0.0869. The molecule has 15 heteroatoms. The number of rotatable bonds is 14. The minimum absolute atomic E-state index is 0.0320. The molecule has 1 atom stereocenters. The van der Waals surface area contributed by atoms with E-state index >= 15 is 0 Å². The lowest BCUT2D eigenvalue weighted by molar-refractivity contribution is -0.129. The molecule has 12 nitrogen and oxygen atoms in total. The second-order valence-electron chi connectivity index (χ2n) is 9.82. The molecule has 0 saturated heterocycles. The molecule has 3 aromatic carbocycles. The van der Waals surface area contributed by atoms with E-state index in [9.17, 15) is 18.0 Å². The smallest absolute Gasteiger partial charge is 0.315 e. The highest BCUT2D eigenvalue weighted by Gasteiger charge is 2.22. The minimum atomic E-state index is -3.52. The van der Waals surface area contributed by atoms with Gasteiger partial charge in [0.2, 0.25) is 10.0 Å². The number of nitrogens with zero attached hydrogens (tertiary/aromatic N) is 1. The van der Waals surface area contributed by atoms with Gasteiger partial charge < -0.3 is 30.4 Å². The van der Waals surface area contributed by atoms with Gasteiger partial charge in [-0.05, 0) is 47.9 Å². The van der Waals surface area contributed by atoms with Crippen molar-refractivity contribution in [1.82, 2.24) is 20.6 Å². The summed E-state index contributed by atoms with van der Waals surface area (Å²) in [6.07, 6.45) is 1.51. The third kappa shape index (κ3) is 11.9. The summed E-state index contributed by atoms with van der Waals surface area (Å²) in [7, 11) is -0.127. The molecule has 0 radical (unpaired) electrons. The van der Waals surface area contributed by atoms with Crippen LogP contribution in [-0.4, -0.2) is 64.5 Å². The number of hydrogen-bond acceptors (Lipinski definition) is 8. The fourth-order valence-corrected chi connectivity index (χ4v) is 5.20. The van der Waals surface area contributed by atoms with Gasteiger partial charge in [0.05, 0.1) is 24.6 Å². The maximum atomic E-state index is 13.0. The number of aromatic amines is 1. The summed E-state index contributed by atoms with van der Waals surface area (Å²) in [5.41, 5.74) is 4.19. The topological polar surface area (TPSA) is 164 Å². The van der Waals surface area contributed by atoms with Crippen molar-refractivity contribution in [2.24, 2.45) is 0 Å². The molecule has 0 aliphatic heterocycles. The van der Waals surface area contributed by atoms with E-state index in [4.69, 9.17) is 28.2 Å². The zero-order valence-corrected chi connectivity index (χ0v) is 27.8. The summed E-state index contributed by atoms with van der Waals surface area (Å²) in [6.45, 7) is 1.25. The number of imidazole rings is 1. The van der Waals surface area contributed by atoms with Gasteiger partial charge in [-0.3, -0.25) is 9.52 Å². The molecular formula is C31H36Cl2N6O6S. The van der Waals surface area contributed by atoms with Crippen LogP contribution in [0.25, 0.3) is 11.3 Å². The van der Waals surface area contributed by atoms with E-state index in [0.29, 0.717) is 59.1 Å². The number of amides is 2. The summed E-state index contributed by atoms with van der Waals surface area (Å²) in [4.78, 5) is 30.3. The molecule has 0 aliphatic rings. The zero-order chi connectivity index (χ0) is 33.5. The Morgan fingerprint density at radius 2 is 1.76 bits per heavy atom. The Morgan fingerprint density at radius 1 is 1.04 bits per heavy atom. The molecule has 1 heterocycles. The lowest BCUT2D eigenvalue weighted by Gasteiger charge is -2.18. The van der Waals surface area contributed by atoms with Gasteiger partial charge >= 0.3 is 6.03 Å². The number of ether oxygens (including phenoxy) is 2. The molecule has 0 bridgehead atoms. The molecule has 246 valence electrons. The van der Waals surface area contributed by atoms with Crippen LogP contribution in [0.1, 0.15) is 23.0 Å². The first-order valence-corrected chi connectivity index (χ1v) is 16.6. The van der Waals surface area contributed by atoms with Crippen molar-refractivity contribution in [3.8, 4) is 11.3 Å². The Morgan fingerprint density at radius 3 is 2.39 bits per heavy atom. The highest BCUT2D eigenvalue weighted by molar-refractivity contribution is 7.92. The van der Waals surface area contributed by atoms with Gasteiger partial charge in [0.1, 0.15) is 23.3 Å². The van der Waals surface area contributed by atoms with E-state index in [1.54, 1.807) is 25.3 Å². The summed E-state index contributed by atoms with van der Waals surface area (Å²) in [5, 5.41) is 9.59. The van der Waals surface area contributed by atoms with Gasteiger partial charge in [0.25, 0.3) is 6.47 Å². The first kappa shape index (κ1) is 36.2. The predicted molar refractivity (Wildman–Crippen MR) is 181 cm³/mol. The van der Waals surface area contributed by atoms with Crippen LogP contribution in [-0.2, 0) is 37.3 Å². The average Bonchev–Trinajstić information content (AvgIpc) is 3.42. The second kappa shape index (κ2) is 18.0. The highest BCUT2D eigenvalue weighted by Crippen LogP contribution is 2.29. The van der Waals surface area contributed by atoms with E-state index in [1.807, 2.05) is 61.6 Å². The summed E-state index contributed by atoms with van der Waals surface area (Å²) < 4.78 is 34.8. The van der Waals surface area contributed by atoms with Crippen LogP contribution in [0, 0.1) is 0 Å². The van der Waals surface area contributed by atoms with Crippen molar-refractivity contribution in [2.45, 2.75) is 19.0 Å². The Kier molecular flexibility index (Phi) is 14.2. The van der Waals surface area contributed by atoms with Crippen LogP contribution in [0.3, 0.4) is 0 Å². The normalized spacial score (nSPS) is 11.4. The van der Waals surface area contributed by atoms with Gasteiger partial charge in [-0.25, -0.2) is 18.2 Å². The van der Waals surface area contributed by atoms with Crippen molar-refractivity contribution >= 4 is 57.1 Å². The molecule has 4 rings (SSSR count). The first-order chi connectivity index (χ1) is 22.0. The van der Waals surface area contributed by atoms with Crippen molar-refractivity contribution in [3.05, 3.63) is 99.9 Å². The Labute approximate surface area is 278 Å². The van der Waals surface area contributed by atoms with Gasteiger partial charge in [0.15, 0.2) is 0 Å². The number of sulfonamides is 1. The molecule has 0 fully saturated rings. The number of carbonyl (C=O) groups excluding carboxylic acids is 2. The minimum Gasteiger partial charge on any atom is -0.465 e. The number of methoxy groups -OCH3 is 1. The molecule has 0 saturated carbocycles.